The molecule has 0 amide bonds. The van der Waals surface area contributed by atoms with Gasteiger partial charge >= 0.3 is 5.97 Å². The molecule has 1 aromatic rings. The van der Waals surface area contributed by atoms with E-state index in [1.165, 1.54) is 0 Å². The van der Waals surface area contributed by atoms with Gasteiger partial charge in [-0.1, -0.05) is 17.7 Å². The third-order valence-electron chi connectivity index (χ3n) is 1.84. The van der Waals surface area contributed by atoms with Crippen LogP contribution in [0.5, 0.6) is 5.75 Å². The molecular weight excluding hydrogens is 244 g/mol. The summed E-state index contributed by atoms with van der Waals surface area (Å²) in [5.41, 5.74) is 0. The minimum atomic E-state index is -0.535. The van der Waals surface area contributed by atoms with Crippen LogP contribution < -0.4 is 4.74 Å². The number of ether oxygens (including phenoxy) is 2. The van der Waals surface area contributed by atoms with Crippen molar-refractivity contribution in [3.05, 3.63) is 29.3 Å². The summed E-state index contributed by atoms with van der Waals surface area (Å²) in [7, 11) is 0. The van der Waals surface area contributed by atoms with Crippen molar-refractivity contribution in [3.8, 4) is 5.75 Å². The summed E-state index contributed by atoms with van der Waals surface area (Å²) in [4.78, 5) is 22.3. The smallest absolute Gasteiger partial charge is 0.313 e. The first-order valence-electron chi connectivity index (χ1n) is 5.17. The Labute approximate surface area is 104 Å². The molecule has 0 saturated heterocycles. The van der Waals surface area contributed by atoms with Crippen molar-refractivity contribution in [2.45, 2.75) is 13.3 Å². The zero-order valence-electron chi connectivity index (χ0n) is 9.44. The zero-order chi connectivity index (χ0) is 12.7. The Hall–Kier alpha value is -1.55. The molecule has 0 aromatic heterocycles. The minimum Gasteiger partial charge on any atom is -0.486 e. The van der Waals surface area contributed by atoms with E-state index in [2.05, 4.69) is 4.74 Å². The summed E-state index contributed by atoms with van der Waals surface area (Å²) in [5.74, 6) is -0.370. The first-order valence-corrected chi connectivity index (χ1v) is 5.55. The number of halogens is 1. The van der Waals surface area contributed by atoms with Crippen molar-refractivity contribution in [2.24, 2.45) is 0 Å². The molecule has 0 N–H and O–H groups in total. The van der Waals surface area contributed by atoms with Crippen LogP contribution in [0, 0.1) is 0 Å². The predicted molar refractivity (Wildman–Crippen MR) is 63.2 cm³/mol. The van der Waals surface area contributed by atoms with Gasteiger partial charge < -0.3 is 9.47 Å². The molecule has 0 spiro atoms. The number of Topliss-reactive ketones (excluding diaryl/α,β-unsaturated/α-hetero) is 1. The maximum Gasteiger partial charge on any atom is 0.313 e. The number of esters is 1. The van der Waals surface area contributed by atoms with Crippen molar-refractivity contribution >= 4 is 23.4 Å². The summed E-state index contributed by atoms with van der Waals surface area (Å²) in [6.45, 7) is 1.78. The van der Waals surface area contributed by atoms with Gasteiger partial charge in [-0.05, 0) is 25.1 Å². The highest BCUT2D eigenvalue weighted by Gasteiger charge is 2.10. The fourth-order valence-corrected chi connectivity index (χ4v) is 1.32. The van der Waals surface area contributed by atoms with E-state index in [-0.39, 0.29) is 25.4 Å². The van der Waals surface area contributed by atoms with Gasteiger partial charge in [0.15, 0.2) is 5.78 Å². The molecule has 0 atom stereocenters. The average Bonchev–Trinajstić information content (AvgIpc) is 2.27. The third-order valence-corrected chi connectivity index (χ3v) is 2.08. The van der Waals surface area contributed by atoms with Gasteiger partial charge in [0.2, 0.25) is 0 Å². The molecule has 0 aliphatic carbocycles. The van der Waals surface area contributed by atoms with E-state index in [0.29, 0.717) is 10.8 Å². The maximum absolute atomic E-state index is 11.3. The summed E-state index contributed by atoms with van der Waals surface area (Å²) in [5, 5.41) is 0.528. The first kappa shape index (κ1) is 13.5. The molecule has 0 aliphatic heterocycles. The second-order valence-corrected chi connectivity index (χ2v) is 3.70. The molecule has 1 rings (SSSR count). The molecular formula is C12H13ClO4. The Kier molecular flexibility index (Phi) is 5.49. The Morgan fingerprint density at radius 2 is 2.12 bits per heavy atom. The number of carbonyl (C=O) groups excluding carboxylic acids is 2. The highest BCUT2D eigenvalue weighted by Crippen LogP contribution is 2.16. The maximum atomic E-state index is 11.3. The van der Waals surface area contributed by atoms with Gasteiger partial charge in [-0.15, -0.1) is 0 Å². The second kappa shape index (κ2) is 6.91. The Morgan fingerprint density at radius 3 is 2.76 bits per heavy atom. The van der Waals surface area contributed by atoms with E-state index < -0.39 is 5.97 Å². The van der Waals surface area contributed by atoms with Crippen LogP contribution in [-0.2, 0) is 14.3 Å². The normalized spacial score (nSPS) is 9.76. The third kappa shape index (κ3) is 5.36. The molecule has 0 saturated carbocycles. The number of hydrogen-bond donors (Lipinski definition) is 0. The topological polar surface area (TPSA) is 52.6 Å². The quantitative estimate of drug-likeness (QED) is 0.579. The number of hydrogen-bond acceptors (Lipinski definition) is 4. The van der Waals surface area contributed by atoms with Crippen LogP contribution in [0.3, 0.4) is 0 Å². The van der Waals surface area contributed by atoms with Crippen LogP contribution in [-0.4, -0.2) is 25.0 Å². The molecule has 17 heavy (non-hydrogen) atoms. The Morgan fingerprint density at radius 1 is 1.35 bits per heavy atom. The lowest BCUT2D eigenvalue weighted by Gasteiger charge is -2.05. The van der Waals surface area contributed by atoms with Crippen molar-refractivity contribution in [3.63, 3.8) is 0 Å². The molecule has 4 nitrogen and oxygen atoms in total. The average molecular weight is 257 g/mol. The van der Waals surface area contributed by atoms with Gasteiger partial charge in [0.25, 0.3) is 0 Å². The molecule has 0 unspecified atom stereocenters. The number of benzene rings is 1. The lowest BCUT2D eigenvalue weighted by Crippen LogP contribution is -2.17. The van der Waals surface area contributed by atoms with Crippen LogP contribution in [0.25, 0.3) is 0 Å². The predicted octanol–water partition coefficient (Wildman–Crippen LogP) is 2.24. The van der Waals surface area contributed by atoms with Crippen LogP contribution in [0.1, 0.15) is 13.3 Å². The second-order valence-electron chi connectivity index (χ2n) is 3.27. The van der Waals surface area contributed by atoms with E-state index in [1.54, 1.807) is 31.2 Å². The standard InChI is InChI=1S/C12H13ClO4/c1-2-16-12(15)7-10(14)8-17-11-5-3-4-9(13)6-11/h3-6H,2,7-8H2,1H3. The number of carbonyl (C=O) groups is 2. The molecule has 92 valence electrons. The van der Waals surface area contributed by atoms with Gasteiger partial charge in [-0.3, -0.25) is 9.59 Å². The molecule has 0 heterocycles. The van der Waals surface area contributed by atoms with E-state index in [0.717, 1.165) is 0 Å². The van der Waals surface area contributed by atoms with Crippen LogP contribution in [0.2, 0.25) is 5.02 Å². The molecule has 1 aromatic carbocycles. The van der Waals surface area contributed by atoms with Gasteiger partial charge in [0, 0.05) is 5.02 Å². The van der Waals surface area contributed by atoms with Gasteiger partial charge in [-0.2, -0.15) is 0 Å². The van der Waals surface area contributed by atoms with Crippen molar-refractivity contribution in [2.75, 3.05) is 13.2 Å². The van der Waals surface area contributed by atoms with Gasteiger partial charge in [0.05, 0.1) is 6.61 Å². The largest absolute Gasteiger partial charge is 0.486 e. The fraction of sp³-hybridized carbons (Fsp3) is 0.333. The van der Waals surface area contributed by atoms with Gasteiger partial charge in [-0.25, -0.2) is 0 Å². The Balaban J connectivity index is 2.35. The minimum absolute atomic E-state index is 0.168. The highest BCUT2D eigenvalue weighted by molar-refractivity contribution is 6.30. The number of rotatable bonds is 6. The highest BCUT2D eigenvalue weighted by atomic mass is 35.5. The SMILES string of the molecule is CCOC(=O)CC(=O)COc1cccc(Cl)c1. The fourth-order valence-electron chi connectivity index (χ4n) is 1.14. The van der Waals surface area contributed by atoms with E-state index >= 15 is 0 Å². The van der Waals surface area contributed by atoms with Crippen molar-refractivity contribution < 1.29 is 19.1 Å². The van der Waals surface area contributed by atoms with E-state index in [9.17, 15) is 9.59 Å². The summed E-state index contributed by atoms with van der Waals surface area (Å²) >= 11 is 5.75. The zero-order valence-corrected chi connectivity index (χ0v) is 10.2. The lowest BCUT2D eigenvalue weighted by atomic mass is 10.3. The van der Waals surface area contributed by atoms with Gasteiger partial charge in [0.1, 0.15) is 18.8 Å². The molecule has 0 radical (unpaired) electrons. The van der Waals surface area contributed by atoms with Crippen molar-refractivity contribution in [1.82, 2.24) is 0 Å². The van der Waals surface area contributed by atoms with Crippen molar-refractivity contribution in [1.29, 1.82) is 0 Å². The summed E-state index contributed by atoms with van der Waals surface area (Å²) < 4.78 is 9.83. The number of ketones is 1. The van der Waals surface area contributed by atoms with E-state index in [4.69, 9.17) is 16.3 Å². The Bertz CT molecular complexity index is 403. The molecule has 0 fully saturated rings. The molecule has 5 heteroatoms. The van der Waals surface area contributed by atoms with Crippen LogP contribution in [0.4, 0.5) is 0 Å². The summed E-state index contributed by atoms with van der Waals surface area (Å²) in [6, 6.07) is 6.70. The molecule has 0 bridgehead atoms. The van der Waals surface area contributed by atoms with Crippen LogP contribution in [0.15, 0.2) is 24.3 Å². The first-order chi connectivity index (χ1) is 8.11. The van der Waals surface area contributed by atoms with Crippen LogP contribution >= 0.6 is 11.6 Å². The lowest BCUT2D eigenvalue weighted by molar-refractivity contribution is -0.145. The molecule has 0 aliphatic rings. The monoisotopic (exact) mass is 256 g/mol. The summed E-state index contributed by atoms with van der Waals surface area (Å²) in [6.07, 6.45) is -0.269. The van der Waals surface area contributed by atoms with E-state index in [1.807, 2.05) is 0 Å².